The molecule has 1 aromatic rings. The Morgan fingerprint density at radius 3 is 2.68 bits per heavy atom. The Morgan fingerprint density at radius 2 is 2.21 bits per heavy atom. The number of anilines is 1. The molecule has 0 aliphatic heterocycles. The molecule has 0 aliphatic carbocycles. The fraction of sp³-hybridized carbons (Fsp3) is 0.462. The Morgan fingerprint density at radius 1 is 1.58 bits per heavy atom. The quantitative estimate of drug-likeness (QED) is 0.654. The van der Waals surface area contributed by atoms with Crippen LogP contribution in [0.25, 0.3) is 0 Å². The minimum absolute atomic E-state index is 0.147. The lowest BCUT2D eigenvalue weighted by Crippen LogP contribution is -2.33. The highest BCUT2D eigenvalue weighted by atomic mass is 32.1. The summed E-state index contributed by atoms with van der Waals surface area (Å²) in [6, 6.07) is 3.65. The van der Waals surface area contributed by atoms with Crippen molar-refractivity contribution in [3.63, 3.8) is 0 Å². The number of aryl methyl sites for hydroxylation is 1. The van der Waals surface area contributed by atoms with E-state index >= 15 is 0 Å². The number of aromatic nitrogens is 1. The molecule has 5 nitrogen and oxygen atoms in total. The summed E-state index contributed by atoms with van der Waals surface area (Å²) in [4.78, 5) is 18.4. The maximum atomic E-state index is 11.5. The summed E-state index contributed by atoms with van der Waals surface area (Å²) in [6.45, 7) is 3.80. The Balaban J connectivity index is 2.94. The van der Waals surface area contributed by atoms with Crippen molar-refractivity contribution in [2.24, 2.45) is 5.73 Å². The molecule has 1 unspecified atom stereocenters. The van der Waals surface area contributed by atoms with Crippen LogP contribution in [-0.4, -0.2) is 36.1 Å². The Labute approximate surface area is 118 Å². The molecule has 0 fully saturated rings. The van der Waals surface area contributed by atoms with Gasteiger partial charge in [0.15, 0.2) is 0 Å². The monoisotopic (exact) mass is 281 g/mol. The number of rotatable bonds is 5. The molecule has 0 bridgehead atoms. The zero-order chi connectivity index (χ0) is 14.6. The van der Waals surface area contributed by atoms with Crippen molar-refractivity contribution in [2.75, 3.05) is 19.1 Å². The van der Waals surface area contributed by atoms with Crippen LogP contribution in [0.5, 0.6) is 0 Å². The van der Waals surface area contributed by atoms with Gasteiger partial charge < -0.3 is 15.4 Å². The molecule has 6 heteroatoms. The molecule has 104 valence electrons. The molecule has 0 saturated carbocycles. The number of carbonyl (C=O) groups excluding carboxylic acids is 1. The molecule has 2 N–H and O–H groups in total. The van der Waals surface area contributed by atoms with Crippen LogP contribution in [0.4, 0.5) is 5.82 Å². The van der Waals surface area contributed by atoms with Gasteiger partial charge in [0.05, 0.1) is 23.4 Å². The molecule has 0 amide bonds. The summed E-state index contributed by atoms with van der Waals surface area (Å²) in [5.74, 6) is 0.393. The van der Waals surface area contributed by atoms with Gasteiger partial charge in [-0.2, -0.15) is 0 Å². The molecule has 0 radical (unpaired) electrons. The largest absolute Gasteiger partial charge is 0.465 e. The molecule has 0 aliphatic rings. The standard InChI is InChI=1S/C13H19N3O2S/c1-8(7-11(14)19)16(3)12-6-5-10(9(2)15-12)13(17)18-4/h5-6,8H,7H2,1-4H3,(H2,14,19). The number of pyridine rings is 1. The smallest absolute Gasteiger partial charge is 0.339 e. The number of carbonyl (C=O) groups is 1. The average Bonchev–Trinajstić information content (AvgIpc) is 2.36. The maximum Gasteiger partial charge on any atom is 0.339 e. The lowest BCUT2D eigenvalue weighted by atomic mass is 10.2. The number of esters is 1. The van der Waals surface area contributed by atoms with Crippen LogP contribution in [0, 0.1) is 6.92 Å². The van der Waals surface area contributed by atoms with Crippen LogP contribution < -0.4 is 10.6 Å². The fourth-order valence-corrected chi connectivity index (χ4v) is 1.97. The molecule has 0 spiro atoms. The number of nitrogens with zero attached hydrogens (tertiary/aromatic N) is 2. The molecular weight excluding hydrogens is 262 g/mol. The van der Waals surface area contributed by atoms with Gasteiger partial charge in [-0.3, -0.25) is 0 Å². The van der Waals surface area contributed by atoms with Gasteiger partial charge in [0.25, 0.3) is 0 Å². The second-order valence-electron chi connectivity index (χ2n) is 4.42. The van der Waals surface area contributed by atoms with E-state index in [9.17, 15) is 4.79 Å². The number of thiocarbonyl (C=S) groups is 1. The molecule has 19 heavy (non-hydrogen) atoms. The van der Waals surface area contributed by atoms with Crippen molar-refractivity contribution in [1.29, 1.82) is 0 Å². The van der Waals surface area contributed by atoms with Crippen LogP contribution in [0.1, 0.15) is 29.4 Å². The van der Waals surface area contributed by atoms with Crippen LogP contribution in [0.15, 0.2) is 12.1 Å². The summed E-state index contributed by atoms with van der Waals surface area (Å²) >= 11 is 4.91. The number of methoxy groups -OCH3 is 1. The predicted octanol–water partition coefficient (Wildman–Crippen LogP) is 1.68. The second kappa shape index (κ2) is 6.47. The first-order valence-corrected chi connectivity index (χ1v) is 6.34. The van der Waals surface area contributed by atoms with E-state index in [0.29, 0.717) is 22.7 Å². The first kappa shape index (κ1) is 15.4. The molecule has 1 atom stereocenters. The minimum atomic E-state index is -0.379. The normalized spacial score (nSPS) is 11.8. The predicted molar refractivity (Wildman–Crippen MR) is 79.6 cm³/mol. The average molecular weight is 281 g/mol. The van der Waals surface area contributed by atoms with Gasteiger partial charge in [-0.15, -0.1) is 0 Å². The fourth-order valence-electron chi connectivity index (χ4n) is 1.72. The van der Waals surface area contributed by atoms with Crippen molar-refractivity contribution in [3.05, 3.63) is 23.4 Å². The van der Waals surface area contributed by atoms with E-state index in [1.807, 2.05) is 18.9 Å². The van der Waals surface area contributed by atoms with E-state index in [2.05, 4.69) is 4.98 Å². The summed E-state index contributed by atoms with van der Waals surface area (Å²) < 4.78 is 4.69. The molecule has 0 saturated heterocycles. The van der Waals surface area contributed by atoms with Gasteiger partial charge in [0.1, 0.15) is 5.82 Å². The second-order valence-corrected chi connectivity index (χ2v) is 4.95. The van der Waals surface area contributed by atoms with E-state index in [1.165, 1.54) is 7.11 Å². The zero-order valence-electron chi connectivity index (χ0n) is 11.6. The summed E-state index contributed by atoms with van der Waals surface area (Å²) in [5, 5.41) is 0. The lowest BCUT2D eigenvalue weighted by Gasteiger charge is -2.26. The SMILES string of the molecule is COC(=O)c1ccc(N(C)C(C)CC(N)=S)nc1C. The Bertz CT molecular complexity index is 491. The molecule has 1 aromatic heterocycles. The summed E-state index contributed by atoms with van der Waals surface area (Å²) in [5.41, 5.74) is 6.66. The van der Waals surface area contributed by atoms with Crippen molar-refractivity contribution >= 4 is 29.0 Å². The first-order chi connectivity index (χ1) is 8.86. The van der Waals surface area contributed by atoms with E-state index < -0.39 is 0 Å². The summed E-state index contributed by atoms with van der Waals surface area (Å²) in [6.07, 6.45) is 0.616. The van der Waals surface area contributed by atoms with Crippen molar-refractivity contribution < 1.29 is 9.53 Å². The number of hydrogen-bond acceptors (Lipinski definition) is 5. The molecule has 1 rings (SSSR count). The highest BCUT2D eigenvalue weighted by molar-refractivity contribution is 7.80. The van der Waals surface area contributed by atoms with E-state index in [0.717, 1.165) is 5.82 Å². The number of nitrogens with two attached hydrogens (primary N) is 1. The van der Waals surface area contributed by atoms with E-state index in [1.54, 1.807) is 19.1 Å². The van der Waals surface area contributed by atoms with E-state index in [4.69, 9.17) is 22.7 Å². The van der Waals surface area contributed by atoms with Gasteiger partial charge >= 0.3 is 5.97 Å². The Kier molecular flexibility index (Phi) is 5.23. The summed E-state index contributed by atoms with van der Waals surface area (Å²) in [7, 11) is 3.27. The van der Waals surface area contributed by atoms with Crippen molar-refractivity contribution in [1.82, 2.24) is 4.98 Å². The highest BCUT2D eigenvalue weighted by Gasteiger charge is 2.15. The van der Waals surface area contributed by atoms with Crippen LogP contribution in [0.3, 0.4) is 0 Å². The van der Waals surface area contributed by atoms with Gasteiger partial charge in [-0.1, -0.05) is 12.2 Å². The molecular formula is C13H19N3O2S. The van der Waals surface area contributed by atoms with E-state index in [-0.39, 0.29) is 12.0 Å². The molecule has 1 heterocycles. The third-order valence-electron chi connectivity index (χ3n) is 3.00. The highest BCUT2D eigenvalue weighted by Crippen LogP contribution is 2.17. The maximum absolute atomic E-state index is 11.5. The van der Waals surface area contributed by atoms with Crippen LogP contribution >= 0.6 is 12.2 Å². The zero-order valence-corrected chi connectivity index (χ0v) is 12.5. The van der Waals surface area contributed by atoms with Crippen molar-refractivity contribution in [2.45, 2.75) is 26.3 Å². The van der Waals surface area contributed by atoms with Crippen LogP contribution in [-0.2, 0) is 4.74 Å². The lowest BCUT2D eigenvalue weighted by molar-refractivity contribution is 0.0599. The van der Waals surface area contributed by atoms with Gasteiger partial charge in [0.2, 0.25) is 0 Å². The first-order valence-electron chi connectivity index (χ1n) is 5.94. The number of hydrogen-bond donors (Lipinski definition) is 1. The van der Waals surface area contributed by atoms with Crippen molar-refractivity contribution in [3.8, 4) is 0 Å². The van der Waals surface area contributed by atoms with Gasteiger partial charge in [-0.05, 0) is 26.0 Å². The third kappa shape index (κ3) is 3.89. The van der Waals surface area contributed by atoms with Gasteiger partial charge in [0, 0.05) is 19.5 Å². The molecule has 0 aromatic carbocycles. The third-order valence-corrected chi connectivity index (χ3v) is 3.16. The van der Waals surface area contributed by atoms with Gasteiger partial charge in [-0.25, -0.2) is 9.78 Å². The van der Waals surface area contributed by atoms with Crippen LogP contribution in [0.2, 0.25) is 0 Å². The number of ether oxygens (including phenoxy) is 1. The minimum Gasteiger partial charge on any atom is -0.465 e. The Hall–Kier alpha value is -1.69. The topological polar surface area (TPSA) is 68.5 Å².